The lowest BCUT2D eigenvalue weighted by molar-refractivity contribution is 0.0702. The van der Waals surface area contributed by atoms with Gasteiger partial charge in [0.1, 0.15) is 0 Å². The first-order valence-electron chi connectivity index (χ1n) is 7.87. The van der Waals surface area contributed by atoms with E-state index < -0.39 is 0 Å². The molecule has 0 spiro atoms. The van der Waals surface area contributed by atoms with Crippen LogP contribution in [-0.4, -0.2) is 64.0 Å². The van der Waals surface area contributed by atoms with E-state index in [1.807, 2.05) is 0 Å². The number of ether oxygens (including phenoxy) is 2. The zero-order chi connectivity index (χ0) is 14.6. The van der Waals surface area contributed by atoms with Crippen molar-refractivity contribution >= 4 is 5.96 Å². The van der Waals surface area contributed by atoms with Crippen LogP contribution in [0.15, 0.2) is 4.99 Å². The fourth-order valence-corrected chi connectivity index (χ4v) is 2.24. The summed E-state index contributed by atoms with van der Waals surface area (Å²) in [6.45, 7) is 10.5. The Balaban J connectivity index is 2.24. The van der Waals surface area contributed by atoms with Crippen molar-refractivity contribution in [2.45, 2.75) is 33.1 Å². The van der Waals surface area contributed by atoms with Crippen molar-refractivity contribution in [1.82, 2.24) is 10.2 Å². The SMILES string of the molecule is CCNC(=NCCCOCCOC)N1CCC(C)CC1. The Morgan fingerprint density at radius 2 is 2.00 bits per heavy atom. The van der Waals surface area contributed by atoms with Gasteiger partial charge < -0.3 is 19.7 Å². The van der Waals surface area contributed by atoms with Crippen LogP contribution in [0.5, 0.6) is 0 Å². The van der Waals surface area contributed by atoms with Gasteiger partial charge >= 0.3 is 0 Å². The average molecular weight is 285 g/mol. The molecule has 1 aliphatic rings. The van der Waals surface area contributed by atoms with E-state index in [1.165, 1.54) is 12.8 Å². The van der Waals surface area contributed by atoms with Gasteiger partial charge in [0.25, 0.3) is 0 Å². The normalized spacial score (nSPS) is 17.6. The Kier molecular flexibility index (Phi) is 9.41. The summed E-state index contributed by atoms with van der Waals surface area (Å²) in [6, 6.07) is 0. The summed E-state index contributed by atoms with van der Waals surface area (Å²) in [5.74, 6) is 1.92. The van der Waals surface area contributed by atoms with E-state index in [-0.39, 0.29) is 0 Å². The second kappa shape index (κ2) is 10.9. The highest BCUT2D eigenvalue weighted by Crippen LogP contribution is 2.15. The predicted octanol–water partition coefficient (Wildman–Crippen LogP) is 1.74. The summed E-state index contributed by atoms with van der Waals surface area (Å²) in [5.41, 5.74) is 0. The highest BCUT2D eigenvalue weighted by Gasteiger charge is 2.18. The highest BCUT2D eigenvalue weighted by molar-refractivity contribution is 5.80. The molecule has 0 radical (unpaired) electrons. The molecule has 0 aromatic carbocycles. The molecule has 0 atom stereocenters. The molecule has 20 heavy (non-hydrogen) atoms. The van der Waals surface area contributed by atoms with Crippen LogP contribution < -0.4 is 5.32 Å². The number of rotatable bonds is 8. The minimum absolute atomic E-state index is 0.665. The fourth-order valence-electron chi connectivity index (χ4n) is 2.24. The lowest BCUT2D eigenvalue weighted by atomic mass is 10.00. The summed E-state index contributed by atoms with van der Waals surface area (Å²) in [5, 5.41) is 3.39. The third kappa shape index (κ3) is 7.10. The van der Waals surface area contributed by atoms with Gasteiger partial charge in [-0.25, -0.2) is 0 Å². The fraction of sp³-hybridized carbons (Fsp3) is 0.933. The van der Waals surface area contributed by atoms with Crippen LogP contribution in [0.2, 0.25) is 0 Å². The number of nitrogens with zero attached hydrogens (tertiary/aromatic N) is 2. The quantitative estimate of drug-likeness (QED) is 0.419. The van der Waals surface area contributed by atoms with Crippen LogP contribution in [0.25, 0.3) is 0 Å². The molecule has 0 aromatic heterocycles. The van der Waals surface area contributed by atoms with Gasteiger partial charge in [-0.2, -0.15) is 0 Å². The van der Waals surface area contributed by atoms with Gasteiger partial charge in [0.05, 0.1) is 13.2 Å². The molecule has 1 fully saturated rings. The first-order valence-corrected chi connectivity index (χ1v) is 7.87. The molecule has 1 rings (SSSR count). The van der Waals surface area contributed by atoms with Gasteiger partial charge in [0, 0.05) is 39.9 Å². The monoisotopic (exact) mass is 285 g/mol. The second-order valence-corrected chi connectivity index (χ2v) is 5.36. The minimum atomic E-state index is 0.665. The Morgan fingerprint density at radius 1 is 1.25 bits per heavy atom. The lowest BCUT2D eigenvalue weighted by Gasteiger charge is -2.33. The first kappa shape index (κ1) is 17.2. The van der Waals surface area contributed by atoms with Crippen molar-refractivity contribution in [3.63, 3.8) is 0 Å². The number of aliphatic imine (C=N–C) groups is 1. The molecule has 1 heterocycles. The topological polar surface area (TPSA) is 46.1 Å². The number of hydrogen-bond donors (Lipinski definition) is 1. The van der Waals surface area contributed by atoms with E-state index in [1.54, 1.807) is 7.11 Å². The van der Waals surface area contributed by atoms with Crippen molar-refractivity contribution in [3.8, 4) is 0 Å². The van der Waals surface area contributed by atoms with E-state index in [4.69, 9.17) is 14.5 Å². The van der Waals surface area contributed by atoms with Gasteiger partial charge in [0.2, 0.25) is 0 Å². The standard InChI is InChI=1S/C15H31N3O2/c1-4-16-15(18-9-6-14(2)7-10-18)17-8-5-11-20-13-12-19-3/h14H,4-13H2,1-3H3,(H,16,17). The maximum absolute atomic E-state index is 5.45. The van der Waals surface area contributed by atoms with Gasteiger partial charge in [0.15, 0.2) is 5.96 Å². The zero-order valence-corrected chi connectivity index (χ0v) is 13.4. The first-order chi connectivity index (χ1) is 9.77. The molecular formula is C15H31N3O2. The Bertz CT molecular complexity index is 264. The number of hydrogen-bond acceptors (Lipinski definition) is 3. The Hall–Kier alpha value is -0.810. The van der Waals surface area contributed by atoms with Crippen molar-refractivity contribution < 1.29 is 9.47 Å². The maximum atomic E-state index is 5.45. The summed E-state index contributed by atoms with van der Waals surface area (Å²) in [7, 11) is 1.69. The van der Waals surface area contributed by atoms with E-state index >= 15 is 0 Å². The maximum Gasteiger partial charge on any atom is 0.193 e. The third-order valence-electron chi connectivity index (χ3n) is 3.56. The van der Waals surface area contributed by atoms with Crippen molar-refractivity contribution in [1.29, 1.82) is 0 Å². The largest absolute Gasteiger partial charge is 0.382 e. The van der Waals surface area contributed by atoms with Crippen LogP contribution in [-0.2, 0) is 9.47 Å². The lowest BCUT2D eigenvalue weighted by Crippen LogP contribution is -2.45. The van der Waals surface area contributed by atoms with E-state index in [0.717, 1.165) is 51.1 Å². The molecule has 0 bridgehead atoms. The predicted molar refractivity (Wildman–Crippen MR) is 83.3 cm³/mol. The average Bonchev–Trinajstić information content (AvgIpc) is 2.46. The molecule has 5 heteroatoms. The molecule has 1 N–H and O–H groups in total. The van der Waals surface area contributed by atoms with Crippen molar-refractivity contribution in [3.05, 3.63) is 0 Å². The molecule has 118 valence electrons. The Labute approximate surface area is 123 Å². The highest BCUT2D eigenvalue weighted by atomic mass is 16.5. The van der Waals surface area contributed by atoms with Gasteiger partial charge in [-0.1, -0.05) is 6.92 Å². The molecule has 0 amide bonds. The van der Waals surface area contributed by atoms with E-state index in [2.05, 4.69) is 24.1 Å². The van der Waals surface area contributed by atoms with Crippen LogP contribution >= 0.6 is 0 Å². The van der Waals surface area contributed by atoms with E-state index in [9.17, 15) is 0 Å². The van der Waals surface area contributed by atoms with Crippen LogP contribution in [0.1, 0.15) is 33.1 Å². The summed E-state index contributed by atoms with van der Waals surface area (Å²) in [6.07, 6.45) is 3.50. The molecule has 1 saturated heterocycles. The molecule has 1 aliphatic heterocycles. The van der Waals surface area contributed by atoms with Crippen molar-refractivity contribution in [2.75, 3.05) is 53.1 Å². The molecule has 5 nitrogen and oxygen atoms in total. The Morgan fingerprint density at radius 3 is 2.65 bits per heavy atom. The van der Waals surface area contributed by atoms with E-state index in [0.29, 0.717) is 13.2 Å². The number of methoxy groups -OCH3 is 1. The van der Waals surface area contributed by atoms with Gasteiger partial charge in [-0.3, -0.25) is 4.99 Å². The molecule has 0 aromatic rings. The van der Waals surface area contributed by atoms with Crippen LogP contribution in [0, 0.1) is 5.92 Å². The second-order valence-electron chi connectivity index (χ2n) is 5.36. The summed E-state index contributed by atoms with van der Waals surface area (Å²) < 4.78 is 10.4. The molecular weight excluding hydrogens is 254 g/mol. The minimum Gasteiger partial charge on any atom is -0.382 e. The number of likely N-dealkylation sites (tertiary alicyclic amines) is 1. The molecule has 0 saturated carbocycles. The zero-order valence-electron chi connectivity index (χ0n) is 13.4. The summed E-state index contributed by atoms with van der Waals surface area (Å²) in [4.78, 5) is 7.08. The van der Waals surface area contributed by atoms with Crippen molar-refractivity contribution in [2.24, 2.45) is 10.9 Å². The summed E-state index contributed by atoms with van der Waals surface area (Å²) >= 11 is 0. The third-order valence-corrected chi connectivity index (χ3v) is 3.56. The molecule has 0 aliphatic carbocycles. The number of guanidine groups is 1. The van der Waals surface area contributed by atoms with Gasteiger partial charge in [-0.05, 0) is 32.1 Å². The van der Waals surface area contributed by atoms with Gasteiger partial charge in [-0.15, -0.1) is 0 Å². The number of nitrogens with one attached hydrogen (secondary N) is 1. The smallest absolute Gasteiger partial charge is 0.193 e. The number of piperidine rings is 1. The van der Waals surface area contributed by atoms with Crippen LogP contribution in [0.4, 0.5) is 0 Å². The van der Waals surface area contributed by atoms with Crippen LogP contribution in [0.3, 0.4) is 0 Å². The molecule has 0 unspecified atom stereocenters.